The molecule has 0 heterocycles. The molecule has 246 valence electrons. The Hall–Kier alpha value is -5.74. The van der Waals surface area contributed by atoms with Gasteiger partial charge < -0.3 is 10.6 Å². The normalized spacial score (nSPS) is 18.1. The lowest BCUT2D eigenvalue weighted by atomic mass is 9.85. The van der Waals surface area contributed by atoms with Gasteiger partial charge in [-0.1, -0.05) is 133 Å². The van der Waals surface area contributed by atoms with Crippen LogP contribution in [0.3, 0.4) is 0 Å². The Morgan fingerprint density at radius 3 is 1.04 bits per heavy atom. The summed E-state index contributed by atoms with van der Waals surface area (Å²) < 4.78 is 0. The van der Waals surface area contributed by atoms with Crippen molar-refractivity contribution in [3.05, 3.63) is 191 Å². The first-order valence-corrected chi connectivity index (χ1v) is 17.5. The van der Waals surface area contributed by atoms with Gasteiger partial charge in [0.25, 0.3) is 0 Å². The molecule has 6 aromatic carbocycles. The van der Waals surface area contributed by atoms with E-state index in [9.17, 15) is 9.59 Å². The lowest BCUT2D eigenvalue weighted by molar-refractivity contribution is -0.118. The van der Waals surface area contributed by atoms with Crippen LogP contribution in [0, 0.1) is 25.7 Å². The van der Waals surface area contributed by atoms with Gasteiger partial charge in [0, 0.05) is 22.2 Å². The molecule has 0 saturated heterocycles. The molecule has 4 heteroatoms. The van der Waals surface area contributed by atoms with Gasteiger partial charge in [0.1, 0.15) is 0 Å². The number of anilines is 2. The topological polar surface area (TPSA) is 58.2 Å². The van der Waals surface area contributed by atoms with E-state index in [0.29, 0.717) is 0 Å². The molecule has 8 rings (SSSR count). The van der Waals surface area contributed by atoms with Crippen LogP contribution in [0.1, 0.15) is 46.2 Å². The Bertz CT molecular complexity index is 1940. The Morgan fingerprint density at radius 1 is 0.460 bits per heavy atom. The molecule has 0 spiro atoms. The first kappa shape index (κ1) is 31.5. The van der Waals surface area contributed by atoms with Gasteiger partial charge in [-0.2, -0.15) is 0 Å². The number of amides is 2. The van der Waals surface area contributed by atoms with Gasteiger partial charge in [0.15, 0.2) is 0 Å². The van der Waals surface area contributed by atoms with Crippen molar-refractivity contribution in [1.82, 2.24) is 0 Å². The number of carbonyl (C=O) groups excluding carboxylic acids is 2. The van der Waals surface area contributed by atoms with Gasteiger partial charge in [-0.25, -0.2) is 0 Å². The van der Waals surface area contributed by atoms with Crippen molar-refractivity contribution in [3.63, 3.8) is 0 Å². The summed E-state index contributed by atoms with van der Waals surface area (Å²) in [4.78, 5) is 27.4. The number of aryl methyl sites for hydroxylation is 2. The minimum Gasteiger partial charge on any atom is -0.326 e. The van der Waals surface area contributed by atoms with Gasteiger partial charge in [-0.05, 0) is 95.5 Å². The molecule has 2 aliphatic rings. The lowest BCUT2D eigenvalue weighted by Gasteiger charge is -2.19. The average molecular weight is 653 g/mol. The van der Waals surface area contributed by atoms with Crippen molar-refractivity contribution in [1.29, 1.82) is 0 Å². The van der Waals surface area contributed by atoms with Crippen LogP contribution >= 0.6 is 0 Å². The van der Waals surface area contributed by atoms with E-state index in [-0.39, 0.29) is 34.5 Å². The molecule has 2 saturated carbocycles. The molecule has 0 bridgehead atoms. The molecule has 6 aromatic rings. The number of hydrogen-bond donors (Lipinski definition) is 2. The molecule has 0 unspecified atom stereocenters. The summed E-state index contributed by atoms with van der Waals surface area (Å²) in [5.74, 6) is -0.191. The SMILES string of the molecule is Cc1cc(-c2ccc(NC(=O)[C@H]3CC3(c3ccccc3)c3ccccc3)c(C)c2)ccc1NC(=O)[C@H]1CC1(c1ccccc1)c1ccccc1. The molecule has 0 radical (unpaired) electrons. The monoisotopic (exact) mass is 652 g/mol. The third-order valence-corrected chi connectivity index (χ3v) is 11.0. The minimum atomic E-state index is -0.306. The van der Waals surface area contributed by atoms with Crippen molar-refractivity contribution < 1.29 is 9.59 Å². The second-order valence-corrected chi connectivity index (χ2v) is 14.0. The van der Waals surface area contributed by atoms with Crippen molar-refractivity contribution in [2.75, 3.05) is 10.6 Å². The zero-order valence-electron chi connectivity index (χ0n) is 28.4. The van der Waals surface area contributed by atoms with Gasteiger partial charge in [0.2, 0.25) is 11.8 Å². The van der Waals surface area contributed by atoms with E-state index in [4.69, 9.17) is 0 Å². The summed E-state index contributed by atoms with van der Waals surface area (Å²) in [5.41, 5.74) is 9.88. The molecule has 4 nitrogen and oxygen atoms in total. The molecule has 2 amide bonds. The van der Waals surface area contributed by atoms with E-state index < -0.39 is 0 Å². The summed E-state index contributed by atoms with van der Waals surface area (Å²) in [6, 6.07) is 53.9. The summed E-state index contributed by atoms with van der Waals surface area (Å²) >= 11 is 0. The molecule has 2 N–H and O–H groups in total. The van der Waals surface area contributed by atoms with E-state index in [1.807, 2.05) is 98.8 Å². The van der Waals surface area contributed by atoms with E-state index in [1.165, 1.54) is 22.3 Å². The molecule has 2 atom stereocenters. The van der Waals surface area contributed by atoms with Crippen LogP contribution in [-0.4, -0.2) is 11.8 Å². The van der Waals surface area contributed by atoms with Gasteiger partial charge in [-0.15, -0.1) is 0 Å². The van der Waals surface area contributed by atoms with Crippen LogP contribution in [0.15, 0.2) is 158 Å². The third-order valence-electron chi connectivity index (χ3n) is 11.0. The van der Waals surface area contributed by atoms with Crippen LogP contribution in [0.5, 0.6) is 0 Å². The molecule has 50 heavy (non-hydrogen) atoms. The van der Waals surface area contributed by atoms with Gasteiger partial charge in [0.05, 0.1) is 11.8 Å². The maximum absolute atomic E-state index is 13.7. The third kappa shape index (κ3) is 5.51. The predicted octanol–water partition coefficient (Wildman–Crippen LogP) is 9.86. The fourth-order valence-electron chi connectivity index (χ4n) is 8.12. The largest absolute Gasteiger partial charge is 0.326 e. The summed E-state index contributed by atoms with van der Waals surface area (Å²) in [6.45, 7) is 4.08. The predicted molar refractivity (Wildman–Crippen MR) is 202 cm³/mol. The van der Waals surface area contributed by atoms with Crippen LogP contribution < -0.4 is 10.6 Å². The second-order valence-electron chi connectivity index (χ2n) is 14.0. The minimum absolute atomic E-state index is 0.0451. The zero-order valence-corrected chi connectivity index (χ0v) is 28.4. The van der Waals surface area contributed by atoms with Crippen molar-refractivity contribution in [2.24, 2.45) is 11.8 Å². The number of carbonyl (C=O) groups is 2. The fraction of sp³-hybridized carbons (Fsp3) is 0.174. The second kappa shape index (κ2) is 12.6. The summed E-state index contributed by atoms with van der Waals surface area (Å²) in [7, 11) is 0. The highest BCUT2D eigenvalue weighted by atomic mass is 16.2. The standard InChI is InChI=1S/C46H40N2O2/c1-31-27-33(23-25-41(31)47-43(49)39-29-45(39,35-15-7-3-8-16-35)36-17-9-4-10-18-36)34-24-26-42(32(2)28-34)48-44(50)40-30-46(40,37-19-11-5-12-20-37)38-21-13-6-14-22-38/h3-28,39-40H,29-30H2,1-2H3,(H,47,49)(H,48,50)/t39-,40-/m1/s1. The first-order valence-electron chi connectivity index (χ1n) is 17.5. The van der Waals surface area contributed by atoms with E-state index in [2.05, 4.69) is 83.4 Å². The molecule has 0 aliphatic heterocycles. The highest BCUT2D eigenvalue weighted by Gasteiger charge is 2.61. The number of nitrogens with one attached hydrogen (secondary N) is 2. The smallest absolute Gasteiger partial charge is 0.228 e. The molecule has 2 fully saturated rings. The highest BCUT2D eigenvalue weighted by molar-refractivity contribution is 5.99. The van der Waals surface area contributed by atoms with Crippen LogP contribution in [-0.2, 0) is 20.4 Å². The molecule has 0 aromatic heterocycles. The van der Waals surface area contributed by atoms with Gasteiger partial charge in [-0.3, -0.25) is 9.59 Å². The number of benzene rings is 6. The Labute approximate surface area is 294 Å². The quantitative estimate of drug-likeness (QED) is 0.163. The lowest BCUT2D eigenvalue weighted by Crippen LogP contribution is -2.22. The van der Waals surface area contributed by atoms with Crippen LogP contribution in [0.4, 0.5) is 11.4 Å². The Kier molecular flexibility index (Phi) is 7.95. The fourth-order valence-corrected chi connectivity index (χ4v) is 8.12. The summed E-state index contributed by atoms with van der Waals surface area (Å²) in [6.07, 6.45) is 1.57. The average Bonchev–Trinajstić information content (AvgIpc) is 4.09. The maximum Gasteiger partial charge on any atom is 0.228 e. The van der Waals surface area contributed by atoms with Crippen molar-refractivity contribution >= 4 is 23.2 Å². The number of rotatable bonds is 9. The first-order chi connectivity index (χ1) is 24.4. The Balaban J connectivity index is 0.968. The summed E-state index contributed by atoms with van der Waals surface area (Å²) in [5, 5.41) is 6.49. The molecule has 2 aliphatic carbocycles. The Morgan fingerprint density at radius 2 is 0.760 bits per heavy atom. The van der Waals surface area contributed by atoms with Crippen LogP contribution in [0.25, 0.3) is 11.1 Å². The van der Waals surface area contributed by atoms with E-state index in [0.717, 1.165) is 46.5 Å². The highest BCUT2D eigenvalue weighted by Crippen LogP contribution is 2.60. The van der Waals surface area contributed by atoms with E-state index >= 15 is 0 Å². The van der Waals surface area contributed by atoms with Crippen molar-refractivity contribution in [3.8, 4) is 11.1 Å². The van der Waals surface area contributed by atoms with Crippen LogP contribution in [0.2, 0.25) is 0 Å². The zero-order chi connectivity index (χ0) is 34.3. The molecular weight excluding hydrogens is 613 g/mol. The number of hydrogen-bond acceptors (Lipinski definition) is 2. The van der Waals surface area contributed by atoms with E-state index in [1.54, 1.807) is 0 Å². The molecular formula is C46H40N2O2. The van der Waals surface area contributed by atoms with Gasteiger partial charge >= 0.3 is 0 Å². The maximum atomic E-state index is 13.7. The van der Waals surface area contributed by atoms with Crippen molar-refractivity contribution in [2.45, 2.75) is 37.5 Å².